The Labute approximate surface area is 64.0 Å². The van der Waals surface area contributed by atoms with Gasteiger partial charge in [-0.1, -0.05) is 20.1 Å². The van der Waals surface area contributed by atoms with E-state index in [-0.39, 0.29) is 0 Å². The molecule has 0 atom stereocenters. The van der Waals surface area contributed by atoms with E-state index < -0.39 is 0 Å². The summed E-state index contributed by atoms with van der Waals surface area (Å²) in [6.45, 7) is 15.0. The van der Waals surface area contributed by atoms with Crippen LogP contribution >= 0.6 is 0 Å². The van der Waals surface area contributed by atoms with Crippen molar-refractivity contribution < 1.29 is 0 Å². The first kappa shape index (κ1) is 9.28. The number of hydrogen-bond acceptors (Lipinski definition) is 1. The van der Waals surface area contributed by atoms with Crippen molar-refractivity contribution in [2.24, 2.45) is 0 Å². The lowest BCUT2D eigenvalue weighted by molar-refractivity contribution is 0.441. The molecule has 0 aromatic rings. The van der Waals surface area contributed by atoms with E-state index in [1.165, 1.54) is 0 Å². The van der Waals surface area contributed by atoms with Crippen molar-refractivity contribution in [1.82, 2.24) is 4.90 Å². The highest BCUT2D eigenvalue weighted by molar-refractivity contribution is 5.03. The van der Waals surface area contributed by atoms with E-state index in [1.54, 1.807) is 0 Å². The van der Waals surface area contributed by atoms with E-state index in [0.717, 1.165) is 24.4 Å². The Hall–Kier alpha value is -0.720. The van der Waals surface area contributed by atoms with Crippen LogP contribution in [0.1, 0.15) is 27.2 Å². The summed E-state index contributed by atoms with van der Waals surface area (Å²) in [5, 5.41) is 0. The molecule has 0 heterocycles. The molecule has 58 valence electrons. The van der Waals surface area contributed by atoms with E-state index in [1.807, 2.05) is 6.92 Å². The maximum Gasteiger partial charge on any atom is 0.0195 e. The second-order valence-corrected chi connectivity index (χ2v) is 2.40. The predicted molar refractivity (Wildman–Crippen MR) is 46.6 cm³/mol. The minimum absolute atomic E-state index is 0.974. The van der Waals surface area contributed by atoms with Gasteiger partial charge in [0.05, 0.1) is 0 Å². The van der Waals surface area contributed by atoms with E-state index in [9.17, 15) is 0 Å². The average molecular weight is 139 g/mol. The molecule has 0 spiro atoms. The van der Waals surface area contributed by atoms with E-state index in [0.29, 0.717) is 0 Å². The maximum atomic E-state index is 3.93. The van der Waals surface area contributed by atoms with Gasteiger partial charge in [0.25, 0.3) is 0 Å². The van der Waals surface area contributed by atoms with Gasteiger partial charge in [0.15, 0.2) is 0 Å². The Morgan fingerprint density at radius 2 is 1.80 bits per heavy atom. The Balaban J connectivity index is 4.06. The normalized spacial score (nSPS) is 9.10. The van der Waals surface area contributed by atoms with Gasteiger partial charge in [-0.2, -0.15) is 0 Å². The summed E-state index contributed by atoms with van der Waals surface area (Å²) in [7, 11) is 0. The molecule has 0 aromatic heterocycles. The second-order valence-electron chi connectivity index (χ2n) is 2.40. The molecule has 0 unspecified atom stereocenters. The lowest BCUT2D eigenvalue weighted by Gasteiger charge is -2.24. The highest BCUT2D eigenvalue weighted by atomic mass is 15.1. The molecule has 0 aliphatic carbocycles. The highest BCUT2D eigenvalue weighted by Crippen LogP contribution is 2.10. The van der Waals surface area contributed by atoms with Crippen molar-refractivity contribution in [2.75, 3.05) is 6.54 Å². The first-order valence-electron chi connectivity index (χ1n) is 3.74. The zero-order valence-corrected chi connectivity index (χ0v) is 7.28. The molecule has 0 aliphatic heterocycles. The molecule has 0 saturated carbocycles. The molecule has 10 heavy (non-hydrogen) atoms. The van der Waals surface area contributed by atoms with Gasteiger partial charge >= 0.3 is 0 Å². The molecule has 0 aromatic carbocycles. The second kappa shape index (κ2) is 4.15. The summed E-state index contributed by atoms with van der Waals surface area (Å²) >= 11 is 0. The van der Waals surface area contributed by atoms with Crippen LogP contribution in [0.5, 0.6) is 0 Å². The third-order valence-electron chi connectivity index (χ3n) is 1.57. The third kappa shape index (κ3) is 2.26. The van der Waals surface area contributed by atoms with Crippen molar-refractivity contribution >= 4 is 0 Å². The number of rotatable bonds is 4. The van der Waals surface area contributed by atoms with Crippen LogP contribution in [0.4, 0.5) is 0 Å². The smallest absolute Gasteiger partial charge is 0.0195 e. The number of nitrogens with zero attached hydrogens (tertiary/aromatic N) is 1. The Morgan fingerprint density at radius 1 is 1.30 bits per heavy atom. The maximum absolute atomic E-state index is 3.93. The number of hydrogen-bond donors (Lipinski definition) is 0. The Bertz CT molecular complexity index is 136. The summed E-state index contributed by atoms with van der Waals surface area (Å²) < 4.78 is 0. The van der Waals surface area contributed by atoms with Crippen molar-refractivity contribution in [3.63, 3.8) is 0 Å². The molecule has 0 radical (unpaired) electrons. The van der Waals surface area contributed by atoms with Crippen LogP contribution in [0.2, 0.25) is 0 Å². The molecule has 0 bridgehead atoms. The Morgan fingerprint density at radius 3 is 1.90 bits per heavy atom. The molecule has 1 heteroatoms. The van der Waals surface area contributed by atoms with Crippen LogP contribution in [0.3, 0.4) is 0 Å². The summed E-state index contributed by atoms with van der Waals surface area (Å²) in [6, 6.07) is 0. The fraction of sp³-hybridized carbons (Fsp3) is 0.556. The SMILES string of the molecule is C=C(C)N(CC)C(=C)CC. The van der Waals surface area contributed by atoms with E-state index in [2.05, 4.69) is 31.9 Å². The summed E-state index contributed by atoms with van der Waals surface area (Å²) in [5.41, 5.74) is 2.23. The molecular formula is C9H17N. The molecule has 0 rings (SSSR count). The summed E-state index contributed by atoms with van der Waals surface area (Å²) in [6.07, 6.45) is 1.00. The molecule has 0 fully saturated rings. The standard InChI is InChI=1S/C9H17N/c1-6-9(5)10(7-2)8(3)4/h3,5-7H2,1-2,4H3. The summed E-state index contributed by atoms with van der Waals surface area (Å²) in [4.78, 5) is 2.12. The Kier molecular flexibility index (Phi) is 3.85. The molecular weight excluding hydrogens is 122 g/mol. The van der Waals surface area contributed by atoms with Crippen LogP contribution < -0.4 is 0 Å². The lowest BCUT2D eigenvalue weighted by atomic mass is 10.3. The quantitative estimate of drug-likeness (QED) is 0.579. The fourth-order valence-corrected chi connectivity index (χ4v) is 0.954. The largest absolute Gasteiger partial charge is 0.350 e. The molecule has 1 nitrogen and oxygen atoms in total. The predicted octanol–water partition coefficient (Wildman–Crippen LogP) is 2.77. The van der Waals surface area contributed by atoms with Crippen LogP contribution in [0, 0.1) is 0 Å². The minimum atomic E-state index is 0.974. The van der Waals surface area contributed by atoms with Gasteiger partial charge in [0.1, 0.15) is 0 Å². The zero-order valence-electron chi connectivity index (χ0n) is 7.28. The van der Waals surface area contributed by atoms with Gasteiger partial charge in [0.2, 0.25) is 0 Å². The minimum Gasteiger partial charge on any atom is -0.350 e. The van der Waals surface area contributed by atoms with Crippen LogP contribution in [0.25, 0.3) is 0 Å². The molecule has 0 aliphatic rings. The fourth-order valence-electron chi connectivity index (χ4n) is 0.954. The average Bonchev–Trinajstić information content (AvgIpc) is 1.88. The van der Waals surface area contributed by atoms with Crippen molar-refractivity contribution in [3.8, 4) is 0 Å². The van der Waals surface area contributed by atoms with Crippen molar-refractivity contribution in [1.29, 1.82) is 0 Å². The lowest BCUT2D eigenvalue weighted by Crippen LogP contribution is -2.18. The van der Waals surface area contributed by atoms with Crippen LogP contribution in [-0.4, -0.2) is 11.4 Å². The van der Waals surface area contributed by atoms with Gasteiger partial charge in [-0.25, -0.2) is 0 Å². The molecule has 0 N–H and O–H groups in total. The number of allylic oxidation sites excluding steroid dienone is 2. The van der Waals surface area contributed by atoms with Crippen LogP contribution in [-0.2, 0) is 0 Å². The van der Waals surface area contributed by atoms with Gasteiger partial charge < -0.3 is 4.90 Å². The van der Waals surface area contributed by atoms with Gasteiger partial charge in [-0.3, -0.25) is 0 Å². The third-order valence-corrected chi connectivity index (χ3v) is 1.57. The van der Waals surface area contributed by atoms with Crippen molar-refractivity contribution in [3.05, 3.63) is 24.6 Å². The van der Waals surface area contributed by atoms with Crippen molar-refractivity contribution in [2.45, 2.75) is 27.2 Å². The van der Waals surface area contributed by atoms with E-state index >= 15 is 0 Å². The first-order chi connectivity index (χ1) is 4.63. The zero-order chi connectivity index (χ0) is 8.15. The highest BCUT2D eigenvalue weighted by Gasteiger charge is 2.01. The first-order valence-corrected chi connectivity index (χ1v) is 3.74. The van der Waals surface area contributed by atoms with E-state index in [4.69, 9.17) is 0 Å². The summed E-state index contributed by atoms with van der Waals surface area (Å²) in [5.74, 6) is 0. The van der Waals surface area contributed by atoms with Gasteiger partial charge in [-0.05, 0) is 20.3 Å². The monoisotopic (exact) mass is 139 g/mol. The molecule has 0 saturated heterocycles. The van der Waals surface area contributed by atoms with Crippen LogP contribution in [0.15, 0.2) is 24.6 Å². The van der Waals surface area contributed by atoms with Gasteiger partial charge in [-0.15, -0.1) is 0 Å². The molecule has 0 amide bonds. The van der Waals surface area contributed by atoms with Gasteiger partial charge in [0, 0.05) is 17.9 Å². The topological polar surface area (TPSA) is 3.24 Å².